The Kier molecular flexibility index (Phi) is 7.05. The zero-order valence-electron chi connectivity index (χ0n) is 17.0. The Hall–Kier alpha value is -2.93. The van der Waals surface area contributed by atoms with Crippen molar-refractivity contribution < 1.29 is 14.3 Å². The molecule has 0 aliphatic carbocycles. The van der Waals surface area contributed by atoms with E-state index in [1.54, 1.807) is 31.4 Å². The second-order valence-corrected chi connectivity index (χ2v) is 8.59. The van der Waals surface area contributed by atoms with Gasteiger partial charge in [-0.15, -0.1) is 0 Å². The number of benzene rings is 3. The van der Waals surface area contributed by atoms with Crippen LogP contribution in [0.15, 0.2) is 76.6 Å². The quantitative estimate of drug-likeness (QED) is 0.407. The van der Waals surface area contributed by atoms with Crippen molar-refractivity contribution in [2.24, 2.45) is 4.99 Å². The molecule has 0 radical (unpaired) electrons. The van der Waals surface area contributed by atoms with Crippen LogP contribution in [0.25, 0.3) is 6.08 Å². The van der Waals surface area contributed by atoms with Gasteiger partial charge in [0.1, 0.15) is 6.61 Å². The Balaban J connectivity index is 1.60. The summed E-state index contributed by atoms with van der Waals surface area (Å²) in [5.74, 6) is 0.834. The number of rotatable bonds is 6. The molecule has 0 unspecified atom stereocenters. The number of carbonyl (C=O) groups excluding carboxylic acids is 1. The minimum Gasteiger partial charge on any atom is -0.493 e. The molecule has 0 aromatic heterocycles. The standard InChI is InChI=1S/C24H18Cl2N2O3S/c1-30-20-9-5-6-15(22(20)31-14-16-10-11-17(25)13-19(16)26)12-21-23(29)28-24(32-21)27-18-7-3-2-4-8-18/h2-13H,14H2,1H3,(H,27,28,29)/b21-12+. The molecule has 0 atom stereocenters. The first kappa shape index (κ1) is 22.3. The topological polar surface area (TPSA) is 59.9 Å². The Labute approximate surface area is 200 Å². The molecule has 4 rings (SSSR count). The lowest BCUT2D eigenvalue weighted by molar-refractivity contribution is -0.115. The summed E-state index contributed by atoms with van der Waals surface area (Å²) in [6.07, 6.45) is 1.76. The maximum atomic E-state index is 12.5. The second kappa shape index (κ2) is 10.1. The van der Waals surface area contributed by atoms with E-state index in [1.165, 1.54) is 11.8 Å². The molecule has 0 bridgehead atoms. The molecular weight excluding hydrogens is 467 g/mol. The van der Waals surface area contributed by atoms with Crippen molar-refractivity contribution >= 4 is 57.8 Å². The minimum atomic E-state index is -0.223. The summed E-state index contributed by atoms with van der Waals surface area (Å²) >= 11 is 13.5. The number of hydrogen-bond acceptors (Lipinski definition) is 5. The van der Waals surface area contributed by atoms with E-state index in [9.17, 15) is 4.79 Å². The number of methoxy groups -OCH3 is 1. The van der Waals surface area contributed by atoms with Crippen LogP contribution in [-0.4, -0.2) is 18.2 Å². The first-order chi connectivity index (χ1) is 15.5. The Morgan fingerprint density at radius 2 is 1.88 bits per heavy atom. The number of para-hydroxylation sites is 2. The lowest BCUT2D eigenvalue weighted by atomic mass is 10.1. The van der Waals surface area contributed by atoms with Gasteiger partial charge in [0.15, 0.2) is 16.7 Å². The maximum absolute atomic E-state index is 12.5. The van der Waals surface area contributed by atoms with E-state index in [0.717, 1.165) is 11.3 Å². The number of nitrogens with one attached hydrogen (secondary N) is 1. The fourth-order valence-corrected chi connectivity index (χ4v) is 4.29. The van der Waals surface area contributed by atoms with Gasteiger partial charge in [-0.05, 0) is 48.2 Å². The number of aliphatic imine (C=N–C) groups is 1. The average Bonchev–Trinajstić information content (AvgIpc) is 3.12. The van der Waals surface area contributed by atoms with Crippen molar-refractivity contribution in [2.45, 2.75) is 6.61 Å². The first-order valence-corrected chi connectivity index (χ1v) is 11.2. The van der Waals surface area contributed by atoms with Crippen LogP contribution in [0.4, 0.5) is 5.69 Å². The van der Waals surface area contributed by atoms with E-state index in [2.05, 4.69) is 10.3 Å². The molecule has 162 valence electrons. The van der Waals surface area contributed by atoms with E-state index in [4.69, 9.17) is 32.7 Å². The maximum Gasteiger partial charge on any atom is 0.264 e. The van der Waals surface area contributed by atoms with Crippen molar-refractivity contribution in [3.63, 3.8) is 0 Å². The Morgan fingerprint density at radius 1 is 1.06 bits per heavy atom. The molecule has 1 aliphatic heterocycles. The minimum absolute atomic E-state index is 0.215. The summed E-state index contributed by atoms with van der Waals surface area (Å²) in [4.78, 5) is 17.5. The molecule has 8 heteroatoms. The monoisotopic (exact) mass is 484 g/mol. The number of nitrogens with zero attached hydrogens (tertiary/aromatic N) is 1. The molecule has 1 N–H and O–H groups in total. The van der Waals surface area contributed by atoms with Gasteiger partial charge in [0.25, 0.3) is 5.91 Å². The van der Waals surface area contributed by atoms with Crippen molar-refractivity contribution in [2.75, 3.05) is 7.11 Å². The van der Waals surface area contributed by atoms with Crippen LogP contribution in [0.3, 0.4) is 0 Å². The molecule has 0 saturated carbocycles. The third-order valence-corrected chi connectivity index (χ3v) is 6.04. The molecule has 1 saturated heterocycles. The molecular formula is C24H18Cl2N2O3S. The van der Waals surface area contributed by atoms with Crippen LogP contribution in [0.2, 0.25) is 10.0 Å². The van der Waals surface area contributed by atoms with Crippen LogP contribution in [-0.2, 0) is 11.4 Å². The van der Waals surface area contributed by atoms with E-state index in [1.807, 2.05) is 48.5 Å². The van der Waals surface area contributed by atoms with Crippen LogP contribution in [0.5, 0.6) is 11.5 Å². The molecule has 1 aliphatic rings. The first-order valence-electron chi connectivity index (χ1n) is 9.62. The lowest BCUT2D eigenvalue weighted by Crippen LogP contribution is -2.19. The largest absolute Gasteiger partial charge is 0.493 e. The molecule has 32 heavy (non-hydrogen) atoms. The smallest absolute Gasteiger partial charge is 0.264 e. The van der Waals surface area contributed by atoms with Crippen molar-refractivity contribution in [1.82, 2.24) is 5.32 Å². The summed E-state index contributed by atoms with van der Waals surface area (Å²) in [6.45, 7) is 0.215. The van der Waals surface area contributed by atoms with Gasteiger partial charge >= 0.3 is 0 Å². The summed E-state index contributed by atoms with van der Waals surface area (Å²) in [6, 6.07) is 20.2. The van der Waals surface area contributed by atoms with Crippen molar-refractivity contribution in [3.8, 4) is 11.5 Å². The molecule has 3 aromatic carbocycles. The molecule has 1 amide bonds. The van der Waals surface area contributed by atoms with Gasteiger partial charge in [-0.2, -0.15) is 0 Å². The zero-order chi connectivity index (χ0) is 22.5. The Morgan fingerprint density at radius 3 is 2.62 bits per heavy atom. The predicted octanol–water partition coefficient (Wildman–Crippen LogP) is 6.47. The van der Waals surface area contributed by atoms with E-state index in [0.29, 0.717) is 37.2 Å². The molecule has 0 spiro atoms. The van der Waals surface area contributed by atoms with Crippen LogP contribution < -0.4 is 14.8 Å². The van der Waals surface area contributed by atoms with Gasteiger partial charge < -0.3 is 14.8 Å². The molecule has 3 aromatic rings. The number of ether oxygens (including phenoxy) is 2. The van der Waals surface area contributed by atoms with E-state index >= 15 is 0 Å². The highest BCUT2D eigenvalue weighted by Gasteiger charge is 2.24. The number of amides is 1. The number of thioether (sulfide) groups is 1. The number of halogens is 2. The number of carbonyl (C=O) groups is 1. The predicted molar refractivity (Wildman–Crippen MR) is 131 cm³/mol. The Bertz CT molecular complexity index is 1210. The molecule has 5 nitrogen and oxygen atoms in total. The third-order valence-electron chi connectivity index (χ3n) is 4.54. The fourth-order valence-electron chi connectivity index (χ4n) is 2.99. The van der Waals surface area contributed by atoms with Gasteiger partial charge in [-0.3, -0.25) is 4.79 Å². The van der Waals surface area contributed by atoms with Crippen LogP contribution in [0, 0.1) is 0 Å². The SMILES string of the molecule is COc1cccc(/C=C2/SC(=Nc3ccccc3)NC2=O)c1OCc1ccc(Cl)cc1Cl. The van der Waals surface area contributed by atoms with E-state index < -0.39 is 0 Å². The summed E-state index contributed by atoms with van der Waals surface area (Å²) < 4.78 is 11.5. The van der Waals surface area contributed by atoms with E-state index in [-0.39, 0.29) is 12.5 Å². The number of hydrogen-bond donors (Lipinski definition) is 1. The fraction of sp³-hybridized carbons (Fsp3) is 0.0833. The summed E-state index contributed by atoms with van der Waals surface area (Å²) in [5, 5.41) is 4.38. The van der Waals surface area contributed by atoms with Gasteiger partial charge in [0.2, 0.25) is 0 Å². The zero-order valence-corrected chi connectivity index (χ0v) is 19.3. The summed E-state index contributed by atoms with van der Waals surface area (Å²) in [7, 11) is 1.57. The van der Waals surface area contributed by atoms with Crippen LogP contribution >= 0.6 is 35.0 Å². The summed E-state index contributed by atoms with van der Waals surface area (Å²) in [5.41, 5.74) is 2.25. The third kappa shape index (κ3) is 5.27. The van der Waals surface area contributed by atoms with Crippen LogP contribution in [0.1, 0.15) is 11.1 Å². The normalized spacial score (nSPS) is 15.8. The molecule has 1 fully saturated rings. The van der Waals surface area contributed by atoms with Gasteiger partial charge in [-0.25, -0.2) is 4.99 Å². The molecule has 1 heterocycles. The average molecular weight is 485 g/mol. The van der Waals surface area contributed by atoms with Gasteiger partial charge in [-0.1, -0.05) is 59.6 Å². The highest BCUT2D eigenvalue weighted by Crippen LogP contribution is 2.36. The van der Waals surface area contributed by atoms with Gasteiger partial charge in [0.05, 0.1) is 17.7 Å². The van der Waals surface area contributed by atoms with Crippen molar-refractivity contribution in [3.05, 3.63) is 92.8 Å². The second-order valence-electron chi connectivity index (χ2n) is 6.72. The lowest BCUT2D eigenvalue weighted by Gasteiger charge is -2.14. The highest BCUT2D eigenvalue weighted by molar-refractivity contribution is 8.18. The number of amidine groups is 1. The van der Waals surface area contributed by atoms with Gasteiger partial charge in [0, 0.05) is 21.2 Å². The van der Waals surface area contributed by atoms with Crippen molar-refractivity contribution in [1.29, 1.82) is 0 Å². The highest BCUT2D eigenvalue weighted by atomic mass is 35.5.